The van der Waals surface area contributed by atoms with Gasteiger partial charge in [0.1, 0.15) is 0 Å². The van der Waals surface area contributed by atoms with Gasteiger partial charge < -0.3 is 20.7 Å². The number of nitrogens with two attached hydrogens (primary N) is 1. The Morgan fingerprint density at radius 1 is 1.03 bits per heavy atom. The molecule has 1 heterocycles. The summed E-state index contributed by atoms with van der Waals surface area (Å²) in [6.07, 6.45) is 4.93. The Bertz CT molecular complexity index is 1280. The Morgan fingerprint density at radius 2 is 1.67 bits per heavy atom. The molecule has 1 fully saturated rings. The molecule has 1 aromatic heterocycles. The first-order valence-corrected chi connectivity index (χ1v) is 13.7. The van der Waals surface area contributed by atoms with Crippen LogP contribution in [0.15, 0.2) is 66.9 Å². The average molecular weight is 529 g/mol. The molecule has 1 saturated carbocycles. The van der Waals surface area contributed by atoms with E-state index in [1.165, 1.54) is 7.11 Å². The summed E-state index contributed by atoms with van der Waals surface area (Å²) in [7, 11) is 3.18. The van der Waals surface area contributed by atoms with Crippen molar-refractivity contribution in [2.24, 2.45) is 17.6 Å². The van der Waals surface area contributed by atoms with E-state index in [1.807, 2.05) is 69.3 Å². The highest BCUT2D eigenvalue weighted by Crippen LogP contribution is 2.35. The van der Waals surface area contributed by atoms with Crippen LogP contribution in [-0.2, 0) is 15.1 Å². The highest BCUT2D eigenvalue weighted by atomic mass is 16.5. The van der Waals surface area contributed by atoms with E-state index in [0.717, 1.165) is 53.6 Å². The van der Waals surface area contributed by atoms with Crippen LogP contribution in [0.25, 0.3) is 22.4 Å². The first-order chi connectivity index (χ1) is 18.6. The van der Waals surface area contributed by atoms with E-state index in [4.69, 9.17) is 15.5 Å². The zero-order valence-corrected chi connectivity index (χ0v) is 23.6. The van der Waals surface area contributed by atoms with E-state index >= 15 is 0 Å². The third-order valence-electron chi connectivity index (χ3n) is 8.01. The molecule has 1 atom stereocenters. The fraction of sp³-hybridized carbons (Fsp3) is 0.406. The number of amides is 2. The number of pyridine rings is 1. The number of rotatable bonds is 7. The Labute approximate surface area is 231 Å². The number of hydrogen-bond donors (Lipinski definition) is 2. The van der Waals surface area contributed by atoms with Crippen LogP contribution in [0.1, 0.15) is 52.0 Å². The number of nitrogens with one attached hydrogen (secondary N) is 1. The summed E-state index contributed by atoms with van der Waals surface area (Å²) in [6.45, 7) is 5.96. The van der Waals surface area contributed by atoms with Crippen molar-refractivity contribution in [2.75, 3.05) is 19.5 Å². The van der Waals surface area contributed by atoms with Crippen molar-refractivity contribution in [3.05, 3.63) is 72.4 Å². The molecule has 1 aliphatic rings. The van der Waals surface area contributed by atoms with Crippen LogP contribution in [0.3, 0.4) is 0 Å². The fourth-order valence-corrected chi connectivity index (χ4v) is 5.41. The minimum Gasteiger partial charge on any atom is -0.453 e. The van der Waals surface area contributed by atoms with Gasteiger partial charge in [0.05, 0.1) is 24.7 Å². The van der Waals surface area contributed by atoms with Crippen molar-refractivity contribution < 1.29 is 14.3 Å². The normalized spacial score (nSPS) is 18.2. The number of nitrogens with zero attached hydrogens (tertiary/aromatic N) is 2. The molecule has 1 unspecified atom stereocenters. The third-order valence-corrected chi connectivity index (χ3v) is 8.01. The van der Waals surface area contributed by atoms with Crippen molar-refractivity contribution in [1.29, 1.82) is 0 Å². The van der Waals surface area contributed by atoms with E-state index in [-0.39, 0.29) is 29.9 Å². The van der Waals surface area contributed by atoms with Crippen LogP contribution in [0.4, 0.5) is 10.5 Å². The lowest BCUT2D eigenvalue weighted by molar-refractivity contribution is -0.121. The number of ether oxygens (including phenoxy) is 1. The maximum atomic E-state index is 13.3. The van der Waals surface area contributed by atoms with Crippen molar-refractivity contribution >= 4 is 17.7 Å². The molecular weight excluding hydrogens is 488 g/mol. The lowest BCUT2D eigenvalue weighted by atomic mass is 9.78. The summed E-state index contributed by atoms with van der Waals surface area (Å²) in [5.41, 5.74) is 11.4. The molecule has 1 aliphatic carbocycles. The van der Waals surface area contributed by atoms with Gasteiger partial charge in [0.2, 0.25) is 5.91 Å². The second-order valence-corrected chi connectivity index (χ2v) is 11.2. The lowest BCUT2D eigenvalue weighted by Crippen LogP contribution is -2.41. The highest BCUT2D eigenvalue weighted by molar-refractivity contribution is 5.94. The van der Waals surface area contributed by atoms with Crippen molar-refractivity contribution in [3.8, 4) is 22.4 Å². The predicted molar refractivity (Wildman–Crippen MR) is 156 cm³/mol. The van der Waals surface area contributed by atoms with Gasteiger partial charge in [0, 0.05) is 35.7 Å². The van der Waals surface area contributed by atoms with Gasteiger partial charge in [-0.2, -0.15) is 0 Å². The van der Waals surface area contributed by atoms with Gasteiger partial charge in [-0.1, -0.05) is 61.5 Å². The van der Waals surface area contributed by atoms with Crippen LogP contribution < -0.4 is 11.1 Å². The zero-order valence-electron chi connectivity index (χ0n) is 23.6. The van der Waals surface area contributed by atoms with Crippen molar-refractivity contribution in [3.63, 3.8) is 0 Å². The topological polar surface area (TPSA) is 97.5 Å². The van der Waals surface area contributed by atoms with E-state index in [9.17, 15) is 9.59 Å². The molecule has 4 rings (SSSR count). The molecule has 7 heteroatoms. The molecule has 2 aromatic carbocycles. The van der Waals surface area contributed by atoms with Crippen molar-refractivity contribution in [1.82, 2.24) is 9.88 Å². The van der Waals surface area contributed by atoms with Gasteiger partial charge in [-0.3, -0.25) is 9.78 Å². The summed E-state index contributed by atoms with van der Waals surface area (Å²) in [5.74, 6) is 0.0997. The third kappa shape index (κ3) is 6.66. The van der Waals surface area contributed by atoms with E-state index in [2.05, 4.69) is 17.4 Å². The Morgan fingerprint density at radius 3 is 2.26 bits per heavy atom. The summed E-state index contributed by atoms with van der Waals surface area (Å²) < 4.78 is 4.85. The second-order valence-electron chi connectivity index (χ2n) is 11.2. The van der Waals surface area contributed by atoms with Gasteiger partial charge in [-0.25, -0.2) is 4.79 Å². The quantitative estimate of drug-likeness (QED) is 0.368. The SMILES string of the molecule is COC(=O)N(C)C1CCC(C(C)C(=O)Nc2cnc(-c3ccc(C(C)(C)N)cc3)c(-c3ccccc3)c2)CC1. The molecule has 0 aliphatic heterocycles. The standard InChI is InChI=1S/C32H40N4O3/c1-21(22-13-17-27(18-14-22)36(4)31(38)39-5)30(37)35-26-19-28(23-9-7-6-8-10-23)29(34-20-26)24-11-15-25(16-12-24)32(2,3)33/h6-12,15-16,19-22,27H,13-14,17-18,33H2,1-5H3,(H,35,37). The number of carbonyl (C=O) groups is 2. The monoisotopic (exact) mass is 528 g/mol. The summed E-state index contributed by atoms with van der Waals surface area (Å²) in [4.78, 5) is 31.6. The van der Waals surface area contributed by atoms with E-state index in [1.54, 1.807) is 18.1 Å². The number of methoxy groups -OCH3 is 1. The Kier molecular flexibility index (Phi) is 8.70. The second kappa shape index (κ2) is 12.0. The molecule has 7 nitrogen and oxygen atoms in total. The summed E-state index contributed by atoms with van der Waals surface area (Å²) in [6, 6.07) is 20.4. The van der Waals surface area contributed by atoms with Crippen LogP contribution in [0.2, 0.25) is 0 Å². The largest absolute Gasteiger partial charge is 0.453 e. The number of benzene rings is 2. The number of carbonyl (C=O) groups excluding carboxylic acids is 2. The molecule has 0 spiro atoms. The van der Waals surface area contributed by atoms with Crippen LogP contribution in [0.5, 0.6) is 0 Å². The smallest absolute Gasteiger partial charge is 0.409 e. The molecule has 2 amide bonds. The molecule has 0 saturated heterocycles. The highest BCUT2D eigenvalue weighted by Gasteiger charge is 2.32. The first kappa shape index (κ1) is 28.3. The first-order valence-electron chi connectivity index (χ1n) is 13.7. The van der Waals surface area contributed by atoms with Gasteiger partial charge in [-0.15, -0.1) is 0 Å². The van der Waals surface area contributed by atoms with E-state index in [0.29, 0.717) is 5.69 Å². The summed E-state index contributed by atoms with van der Waals surface area (Å²) >= 11 is 0. The fourth-order valence-electron chi connectivity index (χ4n) is 5.41. The lowest BCUT2D eigenvalue weighted by Gasteiger charge is -2.35. The average Bonchev–Trinajstić information content (AvgIpc) is 2.96. The Balaban J connectivity index is 1.51. The van der Waals surface area contributed by atoms with Gasteiger partial charge >= 0.3 is 6.09 Å². The minimum absolute atomic E-state index is 0.0112. The minimum atomic E-state index is -0.421. The van der Waals surface area contributed by atoms with E-state index < -0.39 is 5.54 Å². The number of hydrogen-bond acceptors (Lipinski definition) is 5. The molecule has 0 bridgehead atoms. The van der Waals surface area contributed by atoms with Crippen LogP contribution >= 0.6 is 0 Å². The van der Waals surface area contributed by atoms with Gasteiger partial charge in [0.15, 0.2) is 0 Å². The zero-order chi connectivity index (χ0) is 28.2. The van der Waals surface area contributed by atoms with Gasteiger partial charge in [0.25, 0.3) is 0 Å². The molecule has 39 heavy (non-hydrogen) atoms. The molecule has 3 aromatic rings. The maximum absolute atomic E-state index is 13.3. The summed E-state index contributed by atoms with van der Waals surface area (Å²) in [5, 5.41) is 3.12. The maximum Gasteiger partial charge on any atom is 0.409 e. The molecule has 3 N–H and O–H groups in total. The predicted octanol–water partition coefficient (Wildman–Crippen LogP) is 6.44. The van der Waals surface area contributed by atoms with Crippen molar-refractivity contribution in [2.45, 2.75) is 58.0 Å². The number of aromatic nitrogens is 1. The Hall–Kier alpha value is -3.71. The molecule has 0 radical (unpaired) electrons. The van der Waals surface area contributed by atoms with Crippen LogP contribution in [0, 0.1) is 11.8 Å². The van der Waals surface area contributed by atoms with Gasteiger partial charge in [-0.05, 0) is 62.6 Å². The number of anilines is 1. The van der Waals surface area contributed by atoms with Crippen LogP contribution in [-0.4, -0.2) is 42.1 Å². The molecule has 206 valence electrons. The molecular formula is C32H40N4O3.